The zero-order chi connectivity index (χ0) is 15.9. The van der Waals surface area contributed by atoms with Gasteiger partial charge in [0.25, 0.3) is 0 Å². The van der Waals surface area contributed by atoms with Gasteiger partial charge in [-0.3, -0.25) is 0 Å². The third-order valence-electron chi connectivity index (χ3n) is 4.00. The highest BCUT2D eigenvalue weighted by Gasteiger charge is 2.08. The molecule has 0 aliphatic carbocycles. The summed E-state index contributed by atoms with van der Waals surface area (Å²) in [5.74, 6) is 0.579. The van der Waals surface area contributed by atoms with Crippen molar-refractivity contribution in [3.8, 4) is 5.75 Å². The van der Waals surface area contributed by atoms with E-state index < -0.39 is 0 Å². The number of rotatable bonds is 7. The fraction of sp³-hybridized carbons (Fsp3) is 0.368. The molecule has 2 aromatic rings. The molecular formula is C19H24FNO. The van der Waals surface area contributed by atoms with Crippen molar-refractivity contribution >= 4 is 0 Å². The lowest BCUT2D eigenvalue weighted by Gasteiger charge is -2.23. The SMILES string of the molecule is CCN(C)[C@H](C)Cc1ccc(OCc2cccc(F)c2)cc1. The molecular weight excluding hydrogens is 277 g/mol. The Morgan fingerprint density at radius 1 is 1.09 bits per heavy atom. The van der Waals surface area contributed by atoms with Gasteiger partial charge < -0.3 is 9.64 Å². The molecule has 2 aromatic carbocycles. The van der Waals surface area contributed by atoms with E-state index in [-0.39, 0.29) is 5.82 Å². The van der Waals surface area contributed by atoms with Crippen molar-refractivity contribution in [2.24, 2.45) is 0 Å². The van der Waals surface area contributed by atoms with Crippen LogP contribution < -0.4 is 4.74 Å². The predicted molar refractivity (Wildman–Crippen MR) is 88.6 cm³/mol. The Hall–Kier alpha value is -1.87. The Morgan fingerprint density at radius 2 is 1.82 bits per heavy atom. The predicted octanol–water partition coefficient (Wildman–Crippen LogP) is 4.29. The van der Waals surface area contributed by atoms with Crippen LogP contribution in [0.15, 0.2) is 48.5 Å². The minimum Gasteiger partial charge on any atom is -0.489 e. The molecule has 0 radical (unpaired) electrons. The van der Waals surface area contributed by atoms with Crippen molar-refractivity contribution in [1.82, 2.24) is 4.90 Å². The van der Waals surface area contributed by atoms with Gasteiger partial charge in [0.2, 0.25) is 0 Å². The van der Waals surface area contributed by atoms with Gasteiger partial charge in [0.1, 0.15) is 18.2 Å². The lowest BCUT2D eigenvalue weighted by Crippen LogP contribution is -2.30. The van der Waals surface area contributed by atoms with E-state index >= 15 is 0 Å². The first kappa shape index (κ1) is 16.5. The second-order valence-electron chi connectivity index (χ2n) is 5.69. The van der Waals surface area contributed by atoms with Crippen molar-refractivity contribution in [2.75, 3.05) is 13.6 Å². The van der Waals surface area contributed by atoms with E-state index in [0.29, 0.717) is 12.6 Å². The van der Waals surface area contributed by atoms with Gasteiger partial charge in [-0.2, -0.15) is 0 Å². The third-order valence-corrected chi connectivity index (χ3v) is 4.00. The van der Waals surface area contributed by atoms with Crippen LogP contribution in [0.2, 0.25) is 0 Å². The number of nitrogens with zero attached hydrogens (tertiary/aromatic N) is 1. The number of hydrogen-bond acceptors (Lipinski definition) is 2. The molecule has 0 saturated heterocycles. The minimum absolute atomic E-state index is 0.231. The second kappa shape index (κ2) is 7.95. The van der Waals surface area contributed by atoms with Crippen LogP contribution in [0.4, 0.5) is 4.39 Å². The highest BCUT2D eigenvalue weighted by Crippen LogP contribution is 2.16. The normalized spacial score (nSPS) is 12.4. The standard InChI is InChI=1S/C19H24FNO/c1-4-21(3)15(2)12-16-8-10-19(11-9-16)22-14-17-6-5-7-18(20)13-17/h5-11,13,15H,4,12,14H2,1-3H3/t15-/m1/s1. The van der Waals surface area contributed by atoms with E-state index in [1.807, 2.05) is 18.2 Å². The molecule has 22 heavy (non-hydrogen) atoms. The molecule has 0 saturated carbocycles. The van der Waals surface area contributed by atoms with Crippen LogP contribution in [-0.2, 0) is 13.0 Å². The average Bonchev–Trinajstić information content (AvgIpc) is 2.53. The maximum Gasteiger partial charge on any atom is 0.123 e. The first-order valence-electron chi connectivity index (χ1n) is 7.75. The van der Waals surface area contributed by atoms with Crippen LogP contribution in [0.5, 0.6) is 5.75 Å². The van der Waals surface area contributed by atoms with E-state index in [1.54, 1.807) is 6.07 Å². The minimum atomic E-state index is -0.231. The van der Waals surface area contributed by atoms with Crippen LogP contribution in [0, 0.1) is 5.82 Å². The largest absolute Gasteiger partial charge is 0.489 e. The monoisotopic (exact) mass is 301 g/mol. The lowest BCUT2D eigenvalue weighted by atomic mass is 10.1. The summed E-state index contributed by atoms with van der Waals surface area (Å²) in [5.41, 5.74) is 2.13. The Bertz CT molecular complexity index is 582. The quantitative estimate of drug-likeness (QED) is 0.756. The molecule has 0 N–H and O–H groups in total. The fourth-order valence-corrected chi connectivity index (χ4v) is 2.32. The van der Waals surface area contributed by atoms with Gasteiger partial charge in [-0.05, 0) is 62.3 Å². The summed E-state index contributed by atoms with van der Waals surface area (Å²) in [6, 6.07) is 15.2. The zero-order valence-corrected chi connectivity index (χ0v) is 13.6. The average molecular weight is 301 g/mol. The Labute approximate surface area is 132 Å². The Kier molecular flexibility index (Phi) is 5.96. The molecule has 0 amide bonds. The van der Waals surface area contributed by atoms with Gasteiger partial charge in [-0.15, -0.1) is 0 Å². The third kappa shape index (κ3) is 4.85. The molecule has 0 unspecified atom stereocenters. The molecule has 0 aliphatic rings. The number of halogens is 1. The molecule has 0 heterocycles. The summed E-state index contributed by atoms with van der Waals surface area (Å²) < 4.78 is 18.8. The second-order valence-corrected chi connectivity index (χ2v) is 5.69. The van der Waals surface area contributed by atoms with Crippen LogP contribution in [-0.4, -0.2) is 24.5 Å². The summed E-state index contributed by atoms with van der Waals surface area (Å²) >= 11 is 0. The van der Waals surface area contributed by atoms with E-state index in [4.69, 9.17) is 4.74 Å². The van der Waals surface area contributed by atoms with Crippen molar-refractivity contribution in [2.45, 2.75) is 32.9 Å². The van der Waals surface area contributed by atoms with Crippen LogP contribution in [0.1, 0.15) is 25.0 Å². The van der Waals surface area contributed by atoms with E-state index in [9.17, 15) is 4.39 Å². The molecule has 2 rings (SSSR count). The van der Waals surface area contributed by atoms with Crippen molar-refractivity contribution < 1.29 is 9.13 Å². The highest BCUT2D eigenvalue weighted by atomic mass is 19.1. The van der Waals surface area contributed by atoms with Crippen LogP contribution in [0.3, 0.4) is 0 Å². The number of likely N-dealkylation sites (N-methyl/N-ethyl adjacent to an activating group) is 1. The summed E-state index contributed by atoms with van der Waals surface area (Å²) in [4.78, 5) is 2.33. The van der Waals surface area contributed by atoms with E-state index in [0.717, 1.165) is 24.3 Å². The molecule has 2 nitrogen and oxygen atoms in total. The summed E-state index contributed by atoms with van der Waals surface area (Å²) in [6.07, 6.45) is 1.02. The molecule has 0 fully saturated rings. The highest BCUT2D eigenvalue weighted by molar-refractivity contribution is 5.28. The number of hydrogen-bond donors (Lipinski definition) is 0. The zero-order valence-electron chi connectivity index (χ0n) is 13.6. The molecule has 0 bridgehead atoms. The Morgan fingerprint density at radius 3 is 2.45 bits per heavy atom. The Balaban J connectivity index is 1.89. The first-order chi connectivity index (χ1) is 10.6. The lowest BCUT2D eigenvalue weighted by molar-refractivity contribution is 0.269. The first-order valence-corrected chi connectivity index (χ1v) is 7.75. The molecule has 0 aromatic heterocycles. The molecule has 0 spiro atoms. The van der Waals surface area contributed by atoms with Crippen molar-refractivity contribution in [1.29, 1.82) is 0 Å². The van der Waals surface area contributed by atoms with Crippen molar-refractivity contribution in [3.05, 3.63) is 65.5 Å². The van der Waals surface area contributed by atoms with Crippen LogP contribution in [0.25, 0.3) is 0 Å². The van der Waals surface area contributed by atoms with Gasteiger partial charge in [-0.1, -0.05) is 31.2 Å². The molecule has 0 aliphatic heterocycles. The summed E-state index contributed by atoms with van der Waals surface area (Å²) in [6.45, 7) is 5.83. The van der Waals surface area contributed by atoms with Gasteiger partial charge in [0, 0.05) is 6.04 Å². The summed E-state index contributed by atoms with van der Waals surface area (Å²) in [5, 5.41) is 0. The molecule has 1 atom stereocenters. The fourth-order valence-electron chi connectivity index (χ4n) is 2.32. The maximum atomic E-state index is 13.1. The molecule has 118 valence electrons. The van der Waals surface area contributed by atoms with Gasteiger partial charge >= 0.3 is 0 Å². The number of ether oxygens (including phenoxy) is 1. The molecule has 3 heteroatoms. The van der Waals surface area contributed by atoms with E-state index in [1.165, 1.54) is 17.7 Å². The van der Waals surface area contributed by atoms with Crippen LogP contribution >= 0.6 is 0 Å². The maximum absolute atomic E-state index is 13.1. The van der Waals surface area contributed by atoms with Crippen molar-refractivity contribution in [3.63, 3.8) is 0 Å². The topological polar surface area (TPSA) is 12.5 Å². The van der Waals surface area contributed by atoms with Gasteiger partial charge in [0.05, 0.1) is 0 Å². The van der Waals surface area contributed by atoms with E-state index in [2.05, 4.69) is 37.9 Å². The van der Waals surface area contributed by atoms with Gasteiger partial charge in [-0.25, -0.2) is 4.39 Å². The van der Waals surface area contributed by atoms with Gasteiger partial charge in [0.15, 0.2) is 0 Å². The number of benzene rings is 2. The smallest absolute Gasteiger partial charge is 0.123 e. The summed E-state index contributed by atoms with van der Waals surface area (Å²) in [7, 11) is 2.14.